The van der Waals surface area contributed by atoms with Crippen molar-refractivity contribution in [2.75, 3.05) is 43.9 Å². The molecule has 2 aromatic heterocycles. The largest absolute Gasteiger partial charge is 0.468 e. The first-order valence-electron chi connectivity index (χ1n) is 11.0. The summed E-state index contributed by atoms with van der Waals surface area (Å²) in [6.07, 6.45) is 1.13. The zero-order valence-corrected chi connectivity index (χ0v) is 20.7. The van der Waals surface area contributed by atoms with Gasteiger partial charge in [0.2, 0.25) is 15.7 Å². The number of anilines is 1. The van der Waals surface area contributed by atoms with Crippen molar-refractivity contribution in [3.8, 4) is 0 Å². The first-order valence-corrected chi connectivity index (χ1v) is 13.4. The number of thiophene rings is 1. The monoisotopic (exact) mass is 502 g/mol. The minimum absolute atomic E-state index is 0.0591. The standard InChI is InChI=1S/C23H26N4O5S2/c1-3-17-14-18-21(24-23(25-22(18)33-17)34(30,31)15-20(29)32-2)27-11-9-26(10-12-27)19(28)13-16-7-5-4-6-8-16/h4-8,14H,3,9-13,15H2,1-2H3. The maximum absolute atomic E-state index is 12.8. The summed E-state index contributed by atoms with van der Waals surface area (Å²) in [5, 5.41) is 0.399. The second-order valence-corrected chi connectivity index (χ2v) is 11.0. The highest BCUT2D eigenvalue weighted by molar-refractivity contribution is 7.91. The molecule has 1 aliphatic heterocycles. The fraction of sp³-hybridized carbons (Fsp3) is 0.391. The Bertz CT molecular complexity index is 1300. The fourth-order valence-corrected chi connectivity index (χ4v) is 5.85. The topological polar surface area (TPSA) is 110 Å². The molecule has 0 bridgehead atoms. The Morgan fingerprint density at radius 2 is 1.79 bits per heavy atom. The molecule has 0 aliphatic carbocycles. The summed E-state index contributed by atoms with van der Waals surface area (Å²) < 4.78 is 30.1. The summed E-state index contributed by atoms with van der Waals surface area (Å²) in [7, 11) is -2.92. The third kappa shape index (κ3) is 5.20. The molecule has 0 spiro atoms. The predicted molar refractivity (Wildman–Crippen MR) is 130 cm³/mol. The van der Waals surface area contributed by atoms with Gasteiger partial charge in [-0.05, 0) is 18.1 Å². The van der Waals surface area contributed by atoms with E-state index in [0.717, 1.165) is 29.4 Å². The van der Waals surface area contributed by atoms with Gasteiger partial charge in [0.05, 0.1) is 18.9 Å². The van der Waals surface area contributed by atoms with Gasteiger partial charge in [-0.1, -0.05) is 37.3 Å². The number of fused-ring (bicyclic) bond motifs is 1. The van der Waals surface area contributed by atoms with Crippen LogP contribution in [0.15, 0.2) is 41.6 Å². The molecular formula is C23H26N4O5S2. The molecule has 3 heterocycles. The van der Waals surface area contributed by atoms with Crippen LogP contribution in [0.5, 0.6) is 0 Å². The molecule has 4 rings (SSSR count). The first kappa shape index (κ1) is 24.1. The molecule has 0 radical (unpaired) electrons. The van der Waals surface area contributed by atoms with Gasteiger partial charge in [0, 0.05) is 31.1 Å². The number of nitrogens with zero attached hydrogens (tertiary/aromatic N) is 4. The number of rotatable bonds is 7. The van der Waals surface area contributed by atoms with E-state index in [0.29, 0.717) is 43.2 Å². The molecule has 180 valence electrons. The molecular weight excluding hydrogens is 476 g/mol. The molecule has 1 saturated heterocycles. The lowest BCUT2D eigenvalue weighted by atomic mass is 10.1. The molecule has 11 heteroatoms. The van der Waals surface area contributed by atoms with Gasteiger partial charge in [0.15, 0.2) is 5.75 Å². The van der Waals surface area contributed by atoms with E-state index in [-0.39, 0.29) is 11.1 Å². The average molecular weight is 503 g/mol. The van der Waals surface area contributed by atoms with Gasteiger partial charge in [-0.3, -0.25) is 9.59 Å². The van der Waals surface area contributed by atoms with Crippen LogP contribution in [-0.4, -0.2) is 74.2 Å². The van der Waals surface area contributed by atoms with Crippen LogP contribution in [0.3, 0.4) is 0 Å². The lowest BCUT2D eigenvalue weighted by Crippen LogP contribution is -2.49. The van der Waals surface area contributed by atoms with Gasteiger partial charge < -0.3 is 14.5 Å². The van der Waals surface area contributed by atoms with E-state index in [2.05, 4.69) is 14.7 Å². The van der Waals surface area contributed by atoms with E-state index in [1.807, 2.05) is 53.1 Å². The highest BCUT2D eigenvalue weighted by atomic mass is 32.2. The van der Waals surface area contributed by atoms with Crippen molar-refractivity contribution in [2.24, 2.45) is 0 Å². The van der Waals surface area contributed by atoms with E-state index in [4.69, 9.17) is 0 Å². The maximum atomic E-state index is 12.8. The van der Waals surface area contributed by atoms with Crippen molar-refractivity contribution >= 4 is 49.1 Å². The molecule has 0 N–H and O–H groups in total. The second-order valence-electron chi connectivity index (χ2n) is 7.98. The Balaban J connectivity index is 1.58. The number of ether oxygens (including phenoxy) is 1. The Labute approximate surface area is 202 Å². The molecule has 1 aliphatic rings. The van der Waals surface area contributed by atoms with Crippen molar-refractivity contribution < 1.29 is 22.7 Å². The Morgan fingerprint density at radius 3 is 2.44 bits per heavy atom. The number of carbonyl (C=O) groups excluding carboxylic acids is 2. The van der Waals surface area contributed by atoms with Gasteiger partial charge in [-0.25, -0.2) is 18.4 Å². The van der Waals surface area contributed by atoms with Crippen LogP contribution in [0.25, 0.3) is 10.2 Å². The molecule has 1 amide bonds. The van der Waals surface area contributed by atoms with Gasteiger partial charge in [0.1, 0.15) is 10.6 Å². The van der Waals surface area contributed by atoms with Gasteiger partial charge in [-0.15, -0.1) is 11.3 Å². The number of esters is 1. The summed E-state index contributed by atoms with van der Waals surface area (Å²) in [6.45, 7) is 4.06. The number of sulfone groups is 1. The van der Waals surface area contributed by atoms with Crippen LogP contribution in [0, 0.1) is 0 Å². The Morgan fingerprint density at radius 1 is 1.09 bits per heavy atom. The van der Waals surface area contributed by atoms with Crippen molar-refractivity contribution in [1.29, 1.82) is 0 Å². The highest BCUT2D eigenvalue weighted by Crippen LogP contribution is 2.33. The van der Waals surface area contributed by atoms with E-state index in [9.17, 15) is 18.0 Å². The maximum Gasteiger partial charge on any atom is 0.321 e. The number of carbonyl (C=O) groups is 2. The fourth-order valence-electron chi connectivity index (χ4n) is 3.82. The number of aromatic nitrogens is 2. The number of methoxy groups -OCH3 is 1. The predicted octanol–water partition coefficient (Wildman–Crippen LogP) is 2.09. The number of amides is 1. The number of hydrogen-bond donors (Lipinski definition) is 0. The van der Waals surface area contributed by atoms with Crippen molar-refractivity contribution in [3.05, 3.63) is 46.8 Å². The normalized spacial score (nSPS) is 14.4. The first-order chi connectivity index (χ1) is 16.3. The van der Waals surface area contributed by atoms with Crippen LogP contribution < -0.4 is 4.90 Å². The van der Waals surface area contributed by atoms with Crippen LogP contribution in [0.4, 0.5) is 5.82 Å². The highest BCUT2D eigenvalue weighted by Gasteiger charge is 2.29. The van der Waals surface area contributed by atoms with Crippen molar-refractivity contribution in [3.63, 3.8) is 0 Å². The minimum atomic E-state index is -4.06. The minimum Gasteiger partial charge on any atom is -0.468 e. The molecule has 9 nitrogen and oxygen atoms in total. The van der Waals surface area contributed by atoms with Crippen molar-refractivity contribution in [1.82, 2.24) is 14.9 Å². The zero-order chi connectivity index (χ0) is 24.3. The van der Waals surface area contributed by atoms with Gasteiger partial charge >= 0.3 is 5.97 Å². The van der Waals surface area contributed by atoms with Gasteiger partial charge in [-0.2, -0.15) is 0 Å². The van der Waals surface area contributed by atoms with E-state index < -0.39 is 21.6 Å². The summed E-state index contributed by atoms with van der Waals surface area (Å²) in [4.78, 5) is 38.5. The quantitative estimate of drug-likeness (QED) is 0.357. The summed E-state index contributed by atoms with van der Waals surface area (Å²) in [5.74, 6) is -1.11. The van der Waals surface area contributed by atoms with E-state index >= 15 is 0 Å². The Kier molecular flexibility index (Phi) is 7.13. The lowest BCUT2D eigenvalue weighted by molar-refractivity contribution is -0.137. The van der Waals surface area contributed by atoms with E-state index in [1.165, 1.54) is 11.3 Å². The lowest BCUT2D eigenvalue weighted by Gasteiger charge is -2.35. The number of hydrogen-bond acceptors (Lipinski definition) is 9. The molecule has 34 heavy (non-hydrogen) atoms. The van der Waals surface area contributed by atoms with Crippen LogP contribution in [-0.2, 0) is 37.0 Å². The number of piperazine rings is 1. The summed E-state index contributed by atoms with van der Waals surface area (Å²) in [5.41, 5.74) is 0.971. The van der Waals surface area contributed by atoms with Gasteiger partial charge in [0.25, 0.3) is 5.16 Å². The third-order valence-electron chi connectivity index (χ3n) is 5.70. The van der Waals surface area contributed by atoms with Crippen LogP contribution in [0.1, 0.15) is 17.4 Å². The third-order valence-corrected chi connectivity index (χ3v) is 8.22. The van der Waals surface area contributed by atoms with Crippen molar-refractivity contribution in [2.45, 2.75) is 24.9 Å². The molecule has 1 fully saturated rings. The SMILES string of the molecule is CCc1cc2c(N3CCN(C(=O)Cc4ccccc4)CC3)nc(S(=O)(=O)CC(=O)OC)nc2s1. The molecule has 1 aromatic carbocycles. The molecule has 0 atom stereocenters. The Hall–Kier alpha value is -3.05. The zero-order valence-electron chi connectivity index (χ0n) is 19.1. The molecule has 3 aromatic rings. The summed E-state index contributed by atoms with van der Waals surface area (Å²) >= 11 is 1.41. The number of aryl methyl sites for hydroxylation is 1. The summed E-state index contributed by atoms with van der Waals surface area (Å²) in [6, 6.07) is 11.6. The average Bonchev–Trinajstić information content (AvgIpc) is 3.27. The van der Waals surface area contributed by atoms with E-state index in [1.54, 1.807) is 0 Å². The van der Waals surface area contributed by atoms with Crippen LogP contribution in [0.2, 0.25) is 0 Å². The molecule has 0 unspecified atom stereocenters. The number of benzene rings is 1. The molecule has 0 saturated carbocycles. The smallest absolute Gasteiger partial charge is 0.321 e. The second kappa shape index (κ2) is 10.1. The van der Waals surface area contributed by atoms with Crippen LogP contribution >= 0.6 is 11.3 Å².